The lowest BCUT2D eigenvalue weighted by Crippen LogP contribution is -2.19. The second-order valence-corrected chi connectivity index (χ2v) is 3.62. The number of nitrogens with two attached hydrogens (primary N) is 1. The number of carbonyl (C=O) groups is 1. The van der Waals surface area contributed by atoms with E-state index in [1.807, 2.05) is 0 Å². The Morgan fingerprint density at radius 1 is 1.44 bits per heavy atom. The number of hydrogen-bond donors (Lipinski definition) is 2. The highest BCUT2D eigenvalue weighted by molar-refractivity contribution is 5.90. The molecule has 1 heterocycles. The largest absolute Gasteiger partial charge is 0.497 e. The van der Waals surface area contributed by atoms with Crippen LogP contribution in [0.15, 0.2) is 30.5 Å². The topological polar surface area (TPSA) is 95.1 Å². The van der Waals surface area contributed by atoms with Crippen LogP contribution in [0.5, 0.6) is 5.75 Å². The predicted octanol–water partition coefficient (Wildman–Crippen LogP) is 0.508. The first kappa shape index (κ1) is 11.9. The minimum Gasteiger partial charge on any atom is -0.497 e. The van der Waals surface area contributed by atoms with Crippen LogP contribution in [0.25, 0.3) is 0 Å². The van der Waals surface area contributed by atoms with Gasteiger partial charge in [0.15, 0.2) is 5.82 Å². The summed E-state index contributed by atoms with van der Waals surface area (Å²) in [5.41, 5.74) is 6.09. The van der Waals surface area contributed by atoms with E-state index >= 15 is 0 Å². The molecule has 1 amide bonds. The summed E-state index contributed by atoms with van der Waals surface area (Å²) in [7, 11) is 1.59. The second-order valence-electron chi connectivity index (χ2n) is 3.62. The van der Waals surface area contributed by atoms with Gasteiger partial charge in [0.1, 0.15) is 12.3 Å². The van der Waals surface area contributed by atoms with E-state index in [0.717, 1.165) is 5.75 Å². The number of ether oxygens (including phenoxy) is 1. The van der Waals surface area contributed by atoms with E-state index in [2.05, 4.69) is 15.6 Å². The van der Waals surface area contributed by atoms with Crippen LogP contribution in [0.1, 0.15) is 0 Å². The van der Waals surface area contributed by atoms with Crippen molar-refractivity contribution in [3.05, 3.63) is 30.5 Å². The molecular formula is C11H13N5O2. The number of nitrogen functional groups attached to an aromatic ring is 1. The number of nitrogens with one attached hydrogen (secondary N) is 1. The molecule has 0 radical (unpaired) electrons. The highest BCUT2D eigenvalue weighted by Crippen LogP contribution is 2.14. The number of benzene rings is 1. The summed E-state index contributed by atoms with van der Waals surface area (Å²) < 4.78 is 6.39. The van der Waals surface area contributed by atoms with Gasteiger partial charge >= 0.3 is 0 Å². The first-order valence-corrected chi connectivity index (χ1v) is 5.27. The maximum Gasteiger partial charge on any atom is 0.246 e. The van der Waals surface area contributed by atoms with Crippen molar-refractivity contribution in [2.45, 2.75) is 6.54 Å². The lowest BCUT2D eigenvalue weighted by molar-refractivity contribution is -0.116. The third kappa shape index (κ3) is 2.97. The summed E-state index contributed by atoms with van der Waals surface area (Å²) in [5.74, 6) is 0.814. The fourth-order valence-electron chi connectivity index (χ4n) is 1.41. The smallest absolute Gasteiger partial charge is 0.246 e. The second kappa shape index (κ2) is 5.17. The van der Waals surface area contributed by atoms with Gasteiger partial charge in [-0.15, -0.1) is 5.10 Å². The van der Waals surface area contributed by atoms with Crippen LogP contribution in [0.2, 0.25) is 0 Å². The average molecular weight is 247 g/mol. The Bertz CT molecular complexity index is 535. The van der Waals surface area contributed by atoms with Gasteiger partial charge in [-0.1, -0.05) is 5.21 Å². The van der Waals surface area contributed by atoms with Gasteiger partial charge in [-0.2, -0.15) is 0 Å². The molecule has 2 aromatic rings. The summed E-state index contributed by atoms with van der Waals surface area (Å²) in [6, 6.07) is 7.05. The Kier molecular flexibility index (Phi) is 3.42. The van der Waals surface area contributed by atoms with E-state index in [0.29, 0.717) is 5.69 Å². The van der Waals surface area contributed by atoms with Crippen molar-refractivity contribution in [2.75, 3.05) is 18.2 Å². The molecule has 0 saturated heterocycles. The molecule has 0 saturated carbocycles. The van der Waals surface area contributed by atoms with E-state index in [4.69, 9.17) is 10.5 Å². The van der Waals surface area contributed by atoms with Crippen LogP contribution in [0, 0.1) is 0 Å². The Hall–Kier alpha value is -2.57. The van der Waals surface area contributed by atoms with Gasteiger partial charge in [0, 0.05) is 5.69 Å². The fourth-order valence-corrected chi connectivity index (χ4v) is 1.41. The van der Waals surface area contributed by atoms with Crippen molar-refractivity contribution < 1.29 is 9.53 Å². The molecule has 7 nitrogen and oxygen atoms in total. The van der Waals surface area contributed by atoms with Crippen LogP contribution >= 0.6 is 0 Å². The summed E-state index contributed by atoms with van der Waals surface area (Å²) in [5, 5.41) is 10.0. The van der Waals surface area contributed by atoms with Gasteiger partial charge in [0.25, 0.3) is 0 Å². The molecule has 0 aliphatic rings. The molecule has 3 N–H and O–H groups in total. The maximum absolute atomic E-state index is 11.7. The van der Waals surface area contributed by atoms with Gasteiger partial charge in [-0.25, -0.2) is 4.68 Å². The minimum atomic E-state index is -0.204. The molecule has 18 heavy (non-hydrogen) atoms. The molecule has 0 aliphatic heterocycles. The quantitative estimate of drug-likeness (QED) is 0.820. The summed E-state index contributed by atoms with van der Waals surface area (Å²) in [6.45, 7) is 0.0657. The lowest BCUT2D eigenvalue weighted by atomic mass is 10.3. The van der Waals surface area contributed by atoms with Crippen LogP contribution in [0.3, 0.4) is 0 Å². The maximum atomic E-state index is 11.7. The zero-order valence-corrected chi connectivity index (χ0v) is 9.83. The zero-order chi connectivity index (χ0) is 13.0. The molecule has 0 unspecified atom stereocenters. The number of carbonyl (C=O) groups excluding carboxylic acids is 1. The molecule has 2 rings (SSSR count). The Labute approximate surface area is 104 Å². The SMILES string of the molecule is COc1ccc(NC(=O)Cn2cc(N)nn2)cc1. The predicted molar refractivity (Wildman–Crippen MR) is 66.1 cm³/mol. The van der Waals surface area contributed by atoms with E-state index in [1.165, 1.54) is 10.9 Å². The third-order valence-electron chi connectivity index (χ3n) is 2.24. The Morgan fingerprint density at radius 3 is 2.72 bits per heavy atom. The van der Waals surface area contributed by atoms with Gasteiger partial charge in [-0.05, 0) is 24.3 Å². The van der Waals surface area contributed by atoms with Crippen molar-refractivity contribution in [2.24, 2.45) is 0 Å². The number of anilines is 2. The van der Waals surface area contributed by atoms with Crippen LogP contribution in [0.4, 0.5) is 11.5 Å². The number of aromatic nitrogens is 3. The van der Waals surface area contributed by atoms with Crippen molar-refractivity contribution in [1.82, 2.24) is 15.0 Å². The van der Waals surface area contributed by atoms with Gasteiger partial charge in [0.2, 0.25) is 5.91 Å². The van der Waals surface area contributed by atoms with Crippen LogP contribution < -0.4 is 15.8 Å². The number of amides is 1. The Balaban J connectivity index is 1.94. The Morgan fingerprint density at radius 2 is 2.17 bits per heavy atom. The van der Waals surface area contributed by atoms with Gasteiger partial charge in [0.05, 0.1) is 13.3 Å². The number of methoxy groups -OCH3 is 1. The summed E-state index contributed by atoms with van der Waals surface area (Å²) in [6.07, 6.45) is 1.49. The molecule has 0 aliphatic carbocycles. The molecule has 7 heteroatoms. The average Bonchev–Trinajstić information content (AvgIpc) is 2.75. The van der Waals surface area contributed by atoms with E-state index in [1.54, 1.807) is 31.4 Å². The van der Waals surface area contributed by atoms with Crippen molar-refractivity contribution in [3.8, 4) is 5.75 Å². The highest BCUT2D eigenvalue weighted by Gasteiger charge is 2.05. The van der Waals surface area contributed by atoms with E-state index in [-0.39, 0.29) is 18.3 Å². The minimum absolute atomic E-state index is 0.0657. The first-order valence-electron chi connectivity index (χ1n) is 5.27. The van der Waals surface area contributed by atoms with Gasteiger partial charge < -0.3 is 15.8 Å². The third-order valence-corrected chi connectivity index (χ3v) is 2.24. The normalized spacial score (nSPS) is 10.1. The lowest BCUT2D eigenvalue weighted by Gasteiger charge is -2.05. The van der Waals surface area contributed by atoms with Crippen molar-refractivity contribution >= 4 is 17.4 Å². The molecular weight excluding hydrogens is 234 g/mol. The standard InChI is InChI=1S/C11H13N5O2/c1-18-9-4-2-8(3-5-9)13-11(17)7-16-6-10(12)14-15-16/h2-6H,7,12H2,1H3,(H,13,17). The fraction of sp³-hybridized carbons (Fsp3) is 0.182. The molecule has 0 atom stereocenters. The monoisotopic (exact) mass is 247 g/mol. The molecule has 0 spiro atoms. The summed E-state index contributed by atoms with van der Waals surface area (Å²) in [4.78, 5) is 11.7. The van der Waals surface area contributed by atoms with Crippen molar-refractivity contribution in [3.63, 3.8) is 0 Å². The number of nitrogens with zero attached hydrogens (tertiary/aromatic N) is 3. The van der Waals surface area contributed by atoms with Gasteiger partial charge in [-0.3, -0.25) is 4.79 Å². The van der Waals surface area contributed by atoms with Crippen molar-refractivity contribution in [1.29, 1.82) is 0 Å². The van der Waals surface area contributed by atoms with Crippen LogP contribution in [-0.2, 0) is 11.3 Å². The zero-order valence-electron chi connectivity index (χ0n) is 9.83. The molecule has 94 valence electrons. The highest BCUT2D eigenvalue weighted by atomic mass is 16.5. The molecule has 0 bridgehead atoms. The van der Waals surface area contributed by atoms with Crippen LogP contribution in [-0.4, -0.2) is 28.0 Å². The number of hydrogen-bond acceptors (Lipinski definition) is 5. The summed E-state index contributed by atoms with van der Waals surface area (Å²) >= 11 is 0. The number of rotatable bonds is 4. The molecule has 1 aromatic carbocycles. The van der Waals surface area contributed by atoms with E-state index < -0.39 is 0 Å². The van der Waals surface area contributed by atoms with E-state index in [9.17, 15) is 4.79 Å². The molecule has 1 aromatic heterocycles. The first-order chi connectivity index (χ1) is 8.67. The molecule has 0 fully saturated rings.